The highest BCUT2D eigenvalue weighted by Crippen LogP contribution is 2.39. The number of ketones is 1. The predicted molar refractivity (Wildman–Crippen MR) is 111 cm³/mol. The number of rotatable bonds is 4. The second-order valence-corrected chi connectivity index (χ2v) is 7.27. The molecule has 3 aromatic carbocycles. The van der Waals surface area contributed by atoms with Gasteiger partial charge in [0.1, 0.15) is 18.1 Å². The largest absolute Gasteiger partial charge is 0.488 e. The second-order valence-electron chi connectivity index (χ2n) is 6.83. The number of ether oxygens (including phenoxy) is 2. The van der Waals surface area contributed by atoms with Gasteiger partial charge in [-0.3, -0.25) is 4.79 Å². The van der Waals surface area contributed by atoms with Gasteiger partial charge >= 0.3 is 0 Å². The maximum Gasteiger partial charge on any atom is 0.231 e. The van der Waals surface area contributed by atoms with E-state index in [1.54, 1.807) is 12.1 Å². The summed E-state index contributed by atoms with van der Waals surface area (Å²) in [5.74, 6) is 1.48. The van der Waals surface area contributed by atoms with Crippen molar-refractivity contribution in [3.05, 3.63) is 99.3 Å². The normalized spacial score (nSPS) is 14.1. The molecule has 0 saturated heterocycles. The van der Waals surface area contributed by atoms with E-state index in [0.717, 1.165) is 22.3 Å². The van der Waals surface area contributed by atoms with E-state index in [1.807, 2.05) is 68.4 Å². The van der Waals surface area contributed by atoms with E-state index < -0.39 is 0 Å². The summed E-state index contributed by atoms with van der Waals surface area (Å²) in [4.78, 5) is 12.7. The Balaban J connectivity index is 1.57. The summed E-state index contributed by atoms with van der Waals surface area (Å²) in [5.41, 5.74) is 4.46. The van der Waals surface area contributed by atoms with Gasteiger partial charge < -0.3 is 9.47 Å². The van der Waals surface area contributed by atoms with E-state index in [4.69, 9.17) is 21.1 Å². The van der Waals surface area contributed by atoms with Crippen LogP contribution >= 0.6 is 11.6 Å². The van der Waals surface area contributed by atoms with Crippen LogP contribution in [0.3, 0.4) is 0 Å². The number of halogens is 1. The molecule has 28 heavy (non-hydrogen) atoms. The number of carbonyl (C=O) groups is 1. The summed E-state index contributed by atoms with van der Waals surface area (Å²) in [7, 11) is 0. The number of hydrogen-bond acceptors (Lipinski definition) is 3. The first-order valence-electron chi connectivity index (χ1n) is 9.03. The number of carbonyl (C=O) groups excluding carboxylic acids is 1. The average molecular weight is 391 g/mol. The molecule has 0 fully saturated rings. The second kappa shape index (κ2) is 7.53. The first-order chi connectivity index (χ1) is 13.5. The maximum absolute atomic E-state index is 12.7. The lowest BCUT2D eigenvalue weighted by atomic mass is 10.1. The zero-order valence-electron chi connectivity index (χ0n) is 15.7. The number of benzene rings is 3. The van der Waals surface area contributed by atoms with E-state index in [1.165, 1.54) is 0 Å². The fourth-order valence-corrected chi connectivity index (χ4v) is 3.30. The Labute approximate surface area is 169 Å². The minimum absolute atomic E-state index is 0.108. The van der Waals surface area contributed by atoms with Gasteiger partial charge in [0.15, 0.2) is 5.76 Å². The Morgan fingerprint density at radius 1 is 1.04 bits per heavy atom. The molecule has 0 atom stereocenters. The zero-order chi connectivity index (χ0) is 19.7. The van der Waals surface area contributed by atoms with Crippen molar-refractivity contribution >= 4 is 23.5 Å². The van der Waals surface area contributed by atoms with Crippen molar-refractivity contribution in [2.24, 2.45) is 0 Å². The van der Waals surface area contributed by atoms with Crippen LogP contribution in [0.1, 0.15) is 32.6 Å². The summed E-state index contributed by atoms with van der Waals surface area (Å²) in [6.07, 6.45) is 1.78. The summed E-state index contributed by atoms with van der Waals surface area (Å²) in [5, 5.41) is 0.692. The first-order valence-corrected chi connectivity index (χ1v) is 9.41. The topological polar surface area (TPSA) is 35.5 Å². The number of allylic oxidation sites excluding steroid dienone is 1. The van der Waals surface area contributed by atoms with Crippen molar-refractivity contribution in [2.45, 2.75) is 20.5 Å². The van der Waals surface area contributed by atoms with Gasteiger partial charge in [-0.05, 0) is 55.3 Å². The lowest BCUT2D eigenvalue weighted by Crippen LogP contribution is -1.98. The molecule has 1 heterocycles. The molecule has 140 valence electrons. The van der Waals surface area contributed by atoms with Crippen molar-refractivity contribution < 1.29 is 14.3 Å². The molecule has 1 aliphatic rings. The summed E-state index contributed by atoms with van der Waals surface area (Å²) < 4.78 is 11.9. The molecule has 0 unspecified atom stereocenters. The molecule has 0 amide bonds. The molecule has 3 nitrogen and oxygen atoms in total. The van der Waals surface area contributed by atoms with Crippen molar-refractivity contribution in [2.75, 3.05) is 0 Å². The Bertz CT molecular complexity index is 1080. The average Bonchev–Trinajstić information content (AvgIpc) is 2.99. The van der Waals surface area contributed by atoms with Crippen LogP contribution in [0.2, 0.25) is 5.02 Å². The Hall–Kier alpha value is -3.04. The number of hydrogen-bond donors (Lipinski definition) is 0. The van der Waals surface area contributed by atoms with Crippen molar-refractivity contribution in [3.63, 3.8) is 0 Å². The monoisotopic (exact) mass is 390 g/mol. The lowest BCUT2D eigenvalue weighted by molar-refractivity contribution is 0.101. The molecule has 0 bridgehead atoms. The molecule has 0 saturated carbocycles. The van der Waals surface area contributed by atoms with Crippen LogP contribution in [0.15, 0.2) is 66.4 Å². The first kappa shape index (κ1) is 18.3. The molecule has 3 aromatic rings. The molecule has 0 aromatic heterocycles. The minimum atomic E-state index is -0.108. The van der Waals surface area contributed by atoms with Crippen LogP contribution < -0.4 is 9.47 Å². The Morgan fingerprint density at radius 3 is 2.57 bits per heavy atom. The van der Waals surface area contributed by atoms with Gasteiger partial charge in [-0.25, -0.2) is 0 Å². The van der Waals surface area contributed by atoms with Gasteiger partial charge in [-0.2, -0.15) is 0 Å². The molecule has 1 aliphatic heterocycles. The smallest absolute Gasteiger partial charge is 0.231 e. The lowest BCUT2D eigenvalue weighted by Gasteiger charge is -2.11. The van der Waals surface area contributed by atoms with Gasteiger partial charge in [-0.15, -0.1) is 0 Å². The van der Waals surface area contributed by atoms with Crippen molar-refractivity contribution in [1.82, 2.24) is 0 Å². The van der Waals surface area contributed by atoms with Crippen LogP contribution in [0, 0.1) is 13.8 Å². The summed E-state index contributed by atoms with van der Waals surface area (Å²) in [6.45, 7) is 4.33. The SMILES string of the molecule is Cc1cccc(/C=C2\Oc3c(ccc(OCc4ccc(Cl)cc4)c3C)C2=O)c1. The van der Waals surface area contributed by atoms with Gasteiger partial charge in [0.25, 0.3) is 0 Å². The Kier molecular flexibility index (Phi) is 4.93. The van der Waals surface area contributed by atoms with Crippen LogP contribution in [0.5, 0.6) is 11.5 Å². The highest BCUT2D eigenvalue weighted by Gasteiger charge is 2.30. The fourth-order valence-electron chi connectivity index (χ4n) is 3.18. The molecule has 0 spiro atoms. The van der Waals surface area contributed by atoms with Gasteiger partial charge in [0.05, 0.1) is 5.56 Å². The molecule has 0 N–H and O–H groups in total. The molecule has 0 radical (unpaired) electrons. The van der Waals surface area contributed by atoms with Gasteiger partial charge in [-0.1, -0.05) is 53.6 Å². The van der Waals surface area contributed by atoms with E-state index in [9.17, 15) is 4.79 Å². The number of Topliss-reactive ketones (excluding diaryl/α,β-unsaturated/α-hetero) is 1. The van der Waals surface area contributed by atoms with E-state index in [-0.39, 0.29) is 5.78 Å². The van der Waals surface area contributed by atoms with Crippen LogP contribution in [0.25, 0.3) is 6.08 Å². The van der Waals surface area contributed by atoms with Crippen LogP contribution in [-0.2, 0) is 6.61 Å². The molecule has 0 aliphatic carbocycles. The predicted octanol–water partition coefficient (Wildman–Crippen LogP) is 6.15. The summed E-state index contributed by atoms with van der Waals surface area (Å²) in [6, 6.07) is 19.0. The van der Waals surface area contributed by atoms with Gasteiger partial charge in [0.2, 0.25) is 5.78 Å². The third kappa shape index (κ3) is 3.67. The number of aryl methyl sites for hydroxylation is 1. The minimum Gasteiger partial charge on any atom is -0.488 e. The Morgan fingerprint density at radius 2 is 1.82 bits per heavy atom. The molecule has 4 rings (SSSR count). The van der Waals surface area contributed by atoms with Crippen LogP contribution in [-0.4, -0.2) is 5.78 Å². The molecular weight excluding hydrogens is 372 g/mol. The fraction of sp³-hybridized carbons (Fsp3) is 0.125. The quantitative estimate of drug-likeness (QED) is 0.501. The van der Waals surface area contributed by atoms with E-state index in [2.05, 4.69) is 0 Å². The standard InChI is InChI=1S/C24H19ClO3/c1-15-4-3-5-18(12-15)13-22-23(26)20-10-11-21(16(2)24(20)28-22)27-14-17-6-8-19(25)9-7-17/h3-13H,14H2,1-2H3/b22-13-. The van der Waals surface area contributed by atoms with E-state index >= 15 is 0 Å². The van der Waals surface area contributed by atoms with Gasteiger partial charge in [0, 0.05) is 10.6 Å². The highest BCUT2D eigenvalue weighted by atomic mass is 35.5. The maximum atomic E-state index is 12.7. The third-order valence-electron chi connectivity index (χ3n) is 4.68. The van der Waals surface area contributed by atoms with Crippen LogP contribution in [0.4, 0.5) is 0 Å². The number of fused-ring (bicyclic) bond motifs is 1. The summed E-state index contributed by atoms with van der Waals surface area (Å²) >= 11 is 5.92. The highest BCUT2D eigenvalue weighted by molar-refractivity contribution is 6.30. The third-order valence-corrected chi connectivity index (χ3v) is 4.94. The van der Waals surface area contributed by atoms with Crippen molar-refractivity contribution in [1.29, 1.82) is 0 Å². The molecular formula is C24H19ClO3. The zero-order valence-corrected chi connectivity index (χ0v) is 16.4. The van der Waals surface area contributed by atoms with E-state index in [0.29, 0.717) is 34.5 Å². The van der Waals surface area contributed by atoms with Crippen molar-refractivity contribution in [3.8, 4) is 11.5 Å². The molecule has 4 heteroatoms.